The number of fused-ring (bicyclic) bond motifs is 2. The first-order valence-electron chi connectivity index (χ1n) is 13.3. The van der Waals surface area contributed by atoms with Gasteiger partial charge >= 0.3 is 0 Å². The third-order valence-electron chi connectivity index (χ3n) is 7.82. The van der Waals surface area contributed by atoms with Gasteiger partial charge in [-0.25, -0.2) is 0 Å². The molecular weight excluding hydrogens is 490 g/mol. The van der Waals surface area contributed by atoms with E-state index in [0.29, 0.717) is 6.42 Å². The molecule has 0 radical (unpaired) electrons. The lowest BCUT2D eigenvalue weighted by Gasteiger charge is -2.41. The highest BCUT2D eigenvalue weighted by atomic mass is 32.2. The standard InChI is InChI=1S/C28H39N3O5S/c1-19-7-8-25-21(17-19)31(20-5-2-3-6-24(20)37-25)11-4-10-29-13-15-30(16-14-29)12-9-22-26(33)28(35)27(34)23(18-32)36-22/h2-3,5-8,17,22-23,26-28,32-35H,4,9-16,18H2,1H3/t22-,23-,26+,27-,28-/m1/s1. The second kappa shape index (κ2) is 12.0. The predicted molar refractivity (Wildman–Crippen MR) is 145 cm³/mol. The number of para-hydroxylation sites is 1. The van der Waals surface area contributed by atoms with E-state index in [9.17, 15) is 20.4 Å². The maximum atomic E-state index is 10.3. The van der Waals surface area contributed by atoms with Crippen LogP contribution in [-0.4, -0.2) is 113 Å². The van der Waals surface area contributed by atoms with Gasteiger partial charge in [0.25, 0.3) is 0 Å². The molecule has 0 bridgehead atoms. The first-order valence-corrected chi connectivity index (χ1v) is 14.2. The van der Waals surface area contributed by atoms with Crippen LogP contribution in [0.3, 0.4) is 0 Å². The molecule has 5 rings (SSSR count). The van der Waals surface area contributed by atoms with Gasteiger partial charge in [0.2, 0.25) is 0 Å². The van der Waals surface area contributed by atoms with Gasteiger partial charge in [0.1, 0.15) is 24.4 Å². The average Bonchev–Trinajstić information content (AvgIpc) is 2.92. The summed E-state index contributed by atoms with van der Waals surface area (Å²) in [6, 6.07) is 15.4. The van der Waals surface area contributed by atoms with Crippen LogP contribution in [0.15, 0.2) is 52.3 Å². The van der Waals surface area contributed by atoms with E-state index in [0.717, 1.165) is 52.2 Å². The summed E-state index contributed by atoms with van der Waals surface area (Å²) < 4.78 is 5.66. The van der Waals surface area contributed by atoms with E-state index in [1.54, 1.807) is 0 Å². The van der Waals surface area contributed by atoms with Crippen molar-refractivity contribution < 1.29 is 25.2 Å². The molecule has 3 aliphatic heterocycles. The van der Waals surface area contributed by atoms with Crippen LogP contribution in [0, 0.1) is 6.92 Å². The smallest absolute Gasteiger partial charge is 0.111 e. The molecule has 37 heavy (non-hydrogen) atoms. The van der Waals surface area contributed by atoms with Crippen molar-refractivity contribution in [1.82, 2.24) is 9.80 Å². The molecule has 0 unspecified atom stereocenters. The van der Waals surface area contributed by atoms with Crippen molar-refractivity contribution in [2.45, 2.75) is 60.1 Å². The molecule has 9 heteroatoms. The zero-order chi connectivity index (χ0) is 25.9. The van der Waals surface area contributed by atoms with Crippen LogP contribution >= 0.6 is 11.8 Å². The number of hydrogen-bond acceptors (Lipinski definition) is 9. The van der Waals surface area contributed by atoms with Crippen LogP contribution in [0.1, 0.15) is 18.4 Å². The highest BCUT2D eigenvalue weighted by Gasteiger charge is 2.43. The zero-order valence-electron chi connectivity index (χ0n) is 21.4. The van der Waals surface area contributed by atoms with Gasteiger partial charge in [0, 0.05) is 49.1 Å². The van der Waals surface area contributed by atoms with Crippen molar-refractivity contribution in [2.75, 3.05) is 57.3 Å². The van der Waals surface area contributed by atoms with Gasteiger partial charge in [-0.2, -0.15) is 0 Å². The van der Waals surface area contributed by atoms with Crippen LogP contribution < -0.4 is 4.90 Å². The Balaban J connectivity index is 1.09. The van der Waals surface area contributed by atoms with Crippen LogP contribution in [0.2, 0.25) is 0 Å². The van der Waals surface area contributed by atoms with Crippen LogP contribution in [-0.2, 0) is 4.74 Å². The van der Waals surface area contributed by atoms with E-state index in [2.05, 4.69) is 64.1 Å². The second-order valence-electron chi connectivity index (χ2n) is 10.4. The Bertz CT molecular complexity index is 1050. The molecule has 0 aromatic heterocycles. The van der Waals surface area contributed by atoms with Crippen LogP contribution in [0.4, 0.5) is 11.4 Å². The minimum Gasteiger partial charge on any atom is -0.394 e. The summed E-state index contributed by atoms with van der Waals surface area (Å²) in [6.07, 6.45) is -3.54. The Morgan fingerprint density at radius 3 is 2.24 bits per heavy atom. The van der Waals surface area contributed by atoms with Gasteiger partial charge in [0.05, 0.1) is 24.1 Å². The molecular formula is C28H39N3O5S. The molecule has 5 atom stereocenters. The van der Waals surface area contributed by atoms with Crippen molar-refractivity contribution >= 4 is 23.1 Å². The Kier molecular flexibility index (Phi) is 8.73. The lowest BCUT2D eigenvalue weighted by atomic mass is 9.93. The Hall–Kier alpha value is -1.69. The summed E-state index contributed by atoms with van der Waals surface area (Å²) in [6.45, 7) is 8.43. The topological polar surface area (TPSA) is 99.9 Å². The number of ether oxygens (including phenoxy) is 1. The monoisotopic (exact) mass is 529 g/mol. The molecule has 2 aromatic carbocycles. The van der Waals surface area contributed by atoms with Gasteiger partial charge in [-0.3, -0.25) is 0 Å². The third kappa shape index (κ3) is 5.99. The number of aryl methyl sites for hydroxylation is 1. The molecule has 4 N–H and O–H groups in total. The van der Waals surface area contributed by atoms with Gasteiger partial charge in [-0.05, 0) is 56.1 Å². The number of benzene rings is 2. The van der Waals surface area contributed by atoms with Crippen molar-refractivity contribution in [2.24, 2.45) is 0 Å². The molecule has 0 amide bonds. The van der Waals surface area contributed by atoms with Gasteiger partial charge in [0.15, 0.2) is 0 Å². The minimum atomic E-state index is -1.30. The highest BCUT2D eigenvalue weighted by Crippen LogP contribution is 2.48. The van der Waals surface area contributed by atoms with Crippen molar-refractivity contribution in [1.29, 1.82) is 0 Å². The van der Waals surface area contributed by atoms with Crippen molar-refractivity contribution in [3.8, 4) is 0 Å². The maximum absolute atomic E-state index is 10.3. The summed E-state index contributed by atoms with van der Waals surface area (Å²) >= 11 is 1.85. The summed E-state index contributed by atoms with van der Waals surface area (Å²) in [5.74, 6) is 0. The lowest BCUT2D eigenvalue weighted by molar-refractivity contribution is -0.230. The number of aliphatic hydroxyl groups excluding tert-OH is 4. The van der Waals surface area contributed by atoms with Crippen LogP contribution in [0.5, 0.6) is 0 Å². The summed E-state index contributed by atoms with van der Waals surface area (Å²) in [4.78, 5) is 9.98. The Morgan fingerprint density at radius 2 is 1.49 bits per heavy atom. The number of piperazine rings is 1. The fourth-order valence-electron chi connectivity index (χ4n) is 5.60. The fourth-order valence-corrected chi connectivity index (χ4v) is 6.67. The van der Waals surface area contributed by atoms with E-state index < -0.39 is 30.5 Å². The molecule has 3 heterocycles. The predicted octanol–water partition coefficient (Wildman–Crippen LogP) is 1.84. The molecule has 0 spiro atoms. The highest BCUT2D eigenvalue weighted by molar-refractivity contribution is 7.99. The lowest BCUT2D eigenvalue weighted by Crippen LogP contribution is -2.59. The van der Waals surface area contributed by atoms with Gasteiger partial charge < -0.3 is 39.9 Å². The van der Waals surface area contributed by atoms with E-state index in [1.165, 1.54) is 26.7 Å². The number of rotatable bonds is 8. The molecule has 8 nitrogen and oxygen atoms in total. The largest absolute Gasteiger partial charge is 0.394 e. The average molecular weight is 530 g/mol. The van der Waals surface area contributed by atoms with Crippen molar-refractivity contribution in [3.05, 3.63) is 48.0 Å². The molecule has 3 aliphatic rings. The molecule has 0 saturated carbocycles. The maximum Gasteiger partial charge on any atom is 0.111 e. The molecule has 0 aliphatic carbocycles. The number of anilines is 2. The first-order chi connectivity index (χ1) is 17.9. The molecule has 2 aromatic rings. The fraction of sp³-hybridized carbons (Fsp3) is 0.571. The van der Waals surface area contributed by atoms with E-state index in [4.69, 9.17) is 4.74 Å². The van der Waals surface area contributed by atoms with E-state index in [-0.39, 0.29) is 6.61 Å². The summed E-state index contributed by atoms with van der Waals surface area (Å²) in [5.41, 5.74) is 3.88. The number of aliphatic hydroxyl groups is 4. The van der Waals surface area contributed by atoms with E-state index >= 15 is 0 Å². The second-order valence-corrected chi connectivity index (χ2v) is 11.5. The third-order valence-corrected chi connectivity index (χ3v) is 8.95. The van der Waals surface area contributed by atoms with Crippen LogP contribution in [0.25, 0.3) is 0 Å². The number of nitrogens with zero attached hydrogens (tertiary/aromatic N) is 3. The van der Waals surface area contributed by atoms with Gasteiger partial charge in [-0.1, -0.05) is 30.0 Å². The SMILES string of the molecule is Cc1ccc2c(c1)N(CCCN1CCN(CC[C@H]3O[C@H](CO)[C@@H](O)[C@H](O)[C@H]3O)CC1)c1ccccc1S2. The summed E-state index contributed by atoms with van der Waals surface area (Å²) in [7, 11) is 0. The molecule has 202 valence electrons. The first kappa shape index (κ1) is 26.9. The normalized spacial score (nSPS) is 28.7. The Labute approximate surface area is 223 Å². The summed E-state index contributed by atoms with van der Waals surface area (Å²) in [5, 5.41) is 39.7. The zero-order valence-corrected chi connectivity index (χ0v) is 22.3. The quantitative estimate of drug-likeness (QED) is 0.408. The van der Waals surface area contributed by atoms with E-state index in [1.807, 2.05) is 11.8 Å². The van der Waals surface area contributed by atoms with Gasteiger partial charge in [-0.15, -0.1) is 0 Å². The Morgan fingerprint density at radius 1 is 0.811 bits per heavy atom. The molecule has 2 saturated heterocycles. The van der Waals surface area contributed by atoms with Crippen molar-refractivity contribution in [3.63, 3.8) is 0 Å². The molecule has 2 fully saturated rings. The number of hydrogen-bond donors (Lipinski definition) is 4. The minimum absolute atomic E-state index is 0.382.